The van der Waals surface area contributed by atoms with Gasteiger partial charge in [-0.3, -0.25) is 4.79 Å². The van der Waals surface area contributed by atoms with Gasteiger partial charge in [-0.25, -0.2) is 0 Å². The molecule has 4 atom stereocenters. The molecule has 0 N–H and O–H groups in total. The van der Waals surface area contributed by atoms with Gasteiger partial charge in [-0.05, 0) is 50.9 Å². The first-order valence-corrected chi connectivity index (χ1v) is 5.81. The molecule has 2 bridgehead atoms. The fraction of sp³-hybridized carbons (Fsp3) is 0.917. The summed E-state index contributed by atoms with van der Waals surface area (Å²) in [5.74, 6) is 3.02. The third kappa shape index (κ3) is 0.768. The van der Waals surface area contributed by atoms with Gasteiger partial charge in [0, 0.05) is 18.5 Å². The molecule has 0 aromatic rings. The van der Waals surface area contributed by atoms with Gasteiger partial charge in [0.15, 0.2) is 0 Å². The molecule has 0 radical (unpaired) electrons. The fourth-order valence-electron chi connectivity index (χ4n) is 4.39. The Labute approximate surface area is 85.7 Å². The number of carbonyl (C=O) groups excluding carboxylic acids is 1. The van der Waals surface area contributed by atoms with E-state index in [9.17, 15) is 4.79 Å². The van der Waals surface area contributed by atoms with Crippen LogP contribution in [0.2, 0.25) is 0 Å². The van der Waals surface area contributed by atoms with Crippen LogP contribution in [0.3, 0.4) is 0 Å². The van der Waals surface area contributed by atoms with Crippen LogP contribution in [0, 0.1) is 23.7 Å². The topological polar surface area (TPSA) is 20.3 Å². The summed E-state index contributed by atoms with van der Waals surface area (Å²) in [6.07, 6.45) is 4.01. The lowest BCUT2D eigenvalue weighted by Gasteiger charge is -2.36. The van der Waals surface area contributed by atoms with Gasteiger partial charge in [-0.2, -0.15) is 0 Å². The Morgan fingerprint density at radius 3 is 2.57 bits per heavy atom. The van der Waals surface area contributed by atoms with Crippen molar-refractivity contribution in [2.75, 3.05) is 7.05 Å². The van der Waals surface area contributed by atoms with Crippen molar-refractivity contribution in [1.82, 2.24) is 4.90 Å². The summed E-state index contributed by atoms with van der Waals surface area (Å²) in [5, 5.41) is 0. The van der Waals surface area contributed by atoms with Crippen LogP contribution in [0.25, 0.3) is 0 Å². The number of nitrogens with zero attached hydrogens (tertiary/aromatic N) is 1. The van der Waals surface area contributed by atoms with Crippen molar-refractivity contribution in [3.8, 4) is 0 Å². The quantitative estimate of drug-likeness (QED) is 0.575. The number of amides is 1. The first-order chi connectivity index (χ1) is 6.53. The summed E-state index contributed by atoms with van der Waals surface area (Å²) >= 11 is 0. The average Bonchev–Trinajstić information content (AvgIpc) is 2.76. The van der Waals surface area contributed by atoms with Gasteiger partial charge in [0.05, 0.1) is 0 Å². The Morgan fingerprint density at radius 1 is 1.29 bits per heavy atom. The lowest BCUT2D eigenvalue weighted by atomic mass is 9.73. The predicted octanol–water partition coefficient (Wildman–Crippen LogP) is 1.90. The van der Waals surface area contributed by atoms with E-state index < -0.39 is 0 Å². The molecule has 2 saturated carbocycles. The van der Waals surface area contributed by atoms with Crippen molar-refractivity contribution in [3.63, 3.8) is 0 Å². The highest BCUT2D eigenvalue weighted by molar-refractivity contribution is 5.83. The second kappa shape index (κ2) is 2.34. The van der Waals surface area contributed by atoms with Crippen molar-refractivity contribution in [3.05, 3.63) is 0 Å². The monoisotopic (exact) mass is 193 g/mol. The van der Waals surface area contributed by atoms with Crippen LogP contribution in [-0.4, -0.2) is 23.4 Å². The van der Waals surface area contributed by atoms with Crippen LogP contribution >= 0.6 is 0 Å². The molecule has 2 nitrogen and oxygen atoms in total. The van der Waals surface area contributed by atoms with Crippen molar-refractivity contribution in [2.45, 2.75) is 38.6 Å². The molecule has 2 heteroatoms. The largest absolute Gasteiger partial charge is 0.340 e. The van der Waals surface area contributed by atoms with Crippen molar-refractivity contribution in [1.29, 1.82) is 0 Å². The second-order valence-corrected chi connectivity index (χ2v) is 5.94. The van der Waals surface area contributed by atoms with Crippen LogP contribution in [0.1, 0.15) is 33.1 Å². The van der Waals surface area contributed by atoms with E-state index >= 15 is 0 Å². The van der Waals surface area contributed by atoms with Gasteiger partial charge >= 0.3 is 0 Å². The molecule has 1 heterocycles. The SMILES string of the molecule is CN1C(=O)C2C3CCC(C3)C2C1(C)C. The molecule has 0 aromatic heterocycles. The highest BCUT2D eigenvalue weighted by Crippen LogP contribution is 2.60. The molecule has 4 unspecified atom stereocenters. The summed E-state index contributed by atoms with van der Waals surface area (Å²) in [6, 6.07) is 0. The third-order valence-electron chi connectivity index (χ3n) is 5.21. The number of hydrogen-bond acceptors (Lipinski definition) is 1. The zero-order chi connectivity index (χ0) is 10.1. The van der Waals surface area contributed by atoms with E-state index in [2.05, 4.69) is 13.8 Å². The number of fused-ring (bicyclic) bond motifs is 5. The van der Waals surface area contributed by atoms with Crippen molar-refractivity contribution in [2.24, 2.45) is 23.7 Å². The number of hydrogen-bond donors (Lipinski definition) is 0. The van der Waals surface area contributed by atoms with Crippen molar-refractivity contribution >= 4 is 5.91 Å². The second-order valence-electron chi connectivity index (χ2n) is 5.94. The summed E-state index contributed by atoms with van der Waals surface area (Å²) < 4.78 is 0. The molecule has 14 heavy (non-hydrogen) atoms. The maximum absolute atomic E-state index is 12.1. The minimum atomic E-state index is 0.113. The fourth-order valence-corrected chi connectivity index (χ4v) is 4.39. The molecular weight excluding hydrogens is 174 g/mol. The average molecular weight is 193 g/mol. The Morgan fingerprint density at radius 2 is 1.93 bits per heavy atom. The molecule has 0 aromatic carbocycles. The molecule has 3 aliphatic rings. The third-order valence-corrected chi connectivity index (χ3v) is 5.21. The minimum Gasteiger partial charge on any atom is -0.340 e. The normalized spacial score (nSPS) is 48.8. The zero-order valence-electron chi connectivity index (χ0n) is 9.29. The Hall–Kier alpha value is -0.530. The van der Waals surface area contributed by atoms with E-state index in [1.807, 2.05) is 11.9 Å². The van der Waals surface area contributed by atoms with Crippen LogP contribution in [0.5, 0.6) is 0 Å². The molecule has 3 fully saturated rings. The van der Waals surface area contributed by atoms with Gasteiger partial charge in [0.2, 0.25) is 5.91 Å². The molecular formula is C12H19NO. The summed E-state index contributed by atoms with van der Waals surface area (Å²) in [4.78, 5) is 14.1. The van der Waals surface area contributed by atoms with E-state index in [1.165, 1.54) is 19.3 Å². The maximum atomic E-state index is 12.1. The first-order valence-electron chi connectivity index (χ1n) is 5.81. The molecule has 0 spiro atoms. The van der Waals surface area contributed by atoms with Gasteiger partial charge in [0.1, 0.15) is 0 Å². The highest BCUT2D eigenvalue weighted by Gasteiger charge is 2.62. The number of rotatable bonds is 0. The Balaban J connectivity index is 2.04. The minimum absolute atomic E-state index is 0.113. The van der Waals surface area contributed by atoms with E-state index in [0.29, 0.717) is 17.7 Å². The first kappa shape index (κ1) is 8.75. The molecule has 1 aliphatic heterocycles. The maximum Gasteiger partial charge on any atom is 0.226 e. The number of likely N-dealkylation sites (tertiary alicyclic amines) is 1. The van der Waals surface area contributed by atoms with Crippen LogP contribution in [0.15, 0.2) is 0 Å². The molecule has 3 rings (SSSR count). The highest BCUT2D eigenvalue weighted by atomic mass is 16.2. The van der Waals surface area contributed by atoms with E-state index in [1.54, 1.807) is 0 Å². The van der Waals surface area contributed by atoms with Gasteiger partial charge in [-0.1, -0.05) is 0 Å². The molecule has 1 amide bonds. The molecule has 2 aliphatic carbocycles. The lowest BCUT2D eigenvalue weighted by Crippen LogP contribution is -2.43. The smallest absolute Gasteiger partial charge is 0.226 e. The number of carbonyl (C=O) groups is 1. The Kier molecular flexibility index (Phi) is 1.46. The predicted molar refractivity (Wildman–Crippen MR) is 54.7 cm³/mol. The van der Waals surface area contributed by atoms with E-state index in [0.717, 1.165) is 11.8 Å². The standard InChI is InChI=1S/C12H19NO/c1-12(2)10-8-5-4-7(6-8)9(10)11(14)13(12)3/h7-10H,4-6H2,1-3H3. The van der Waals surface area contributed by atoms with Crippen LogP contribution < -0.4 is 0 Å². The van der Waals surface area contributed by atoms with E-state index in [4.69, 9.17) is 0 Å². The zero-order valence-corrected chi connectivity index (χ0v) is 9.29. The summed E-state index contributed by atoms with van der Waals surface area (Å²) in [5.41, 5.74) is 0.113. The summed E-state index contributed by atoms with van der Waals surface area (Å²) in [7, 11) is 1.99. The van der Waals surface area contributed by atoms with Gasteiger partial charge < -0.3 is 4.90 Å². The van der Waals surface area contributed by atoms with Gasteiger partial charge in [0.25, 0.3) is 0 Å². The van der Waals surface area contributed by atoms with Crippen LogP contribution in [-0.2, 0) is 4.79 Å². The lowest BCUT2D eigenvalue weighted by molar-refractivity contribution is -0.133. The van der Waals surface area contributed by atoms with Crippen LogP contribution in [0.4, 0.5) is 0 Å². The molecule has 78 valence electrons. The van der Waals surface area contributed by atoms with Crippen molar-refractivity contribution < 1.29 is 4.79 Å². The Bertz CT molecular complexity index is 297. The van der Waals surface area contributed by atoms with Gasteiger partial charge in [-0.15, -0.1) is 0 Å². The van der Waals surface area contributed by atoms with E-state index in [-0.39, 0.29) is 5.54 Å². The molecule has 1 saturated heterocycles. The summed E-state index contributed by atoms with van der Waals surface area (Å²) in [6.45, 7) is 4.49.